The van der Waals surface area contributed by atoms with Crippen molar-refractivity contribution >= 4 is 78.9 Å². The van der Waals surface area contributed by atoms with E-state index in [1.165, 1.54) is 87.6 Å². The fraction of sp³-hybridized carbons (Fsp3) is 0.224. The summed E-state index contributed by atoms with van der Waals surface area (Å²) in [6.07, 6.45) is 0.120. The highest BCUT2D eigenvalue weighted by molar-refractivity contribution is 9.10. The molecule has 2 saturated heterocycles. The van der Waals surface area contributed by atoms with Gasteiger partial charge < -0.3 is 23.3 Å². The maximum atomic E-state index is 6.28. The van der Waals surface area contributed by atoms with Gasteiger partial charge in [-0.05, 0) is 174 Å². The van der Waals surface area contributed by atoms with Crippen molar-refractivity contribution in [3.05, 3.63) is 211 Å². The molecule has 2 fully saturated rings. The van der Waals surface area contributed by atoms with Crippen molar-refractivity contribution in [1.82, 2.24) is 0 Å². The molecule has 12 rings (SSSR count). The van der Waals surface area contributed by atoms with Gasteiger partial charge >= 0.3 is 14.4 Å². The lowest BCUT2D eigenvalue weighted by atomic mass is 9.78. The van der Waals surface area contributed by atoms with E-state index < -0.39 is 7.32 Å². The Bertz CT molecular complexity index is 3490. The molecule has 0 radical (unpaired) electrons. The van der Waals surface area contributed by atoms with Gasteiger partial charge in [0.15, 0.2) is 0 Å². The van der Waals surface area contributed by atoms with Crippen LogP contribution < -0.4 is 5.46 Å². The van der Waals surface area contributed by atoms with Crippen LogP contribution in [0.1, 0.15) is 69.2 Å². The van der Waals surface area contributed by atoms with Crippen molar-refractivity contribution in [1.29, 1.82) is 0 Å². The van der Waals surface area contributed by atoms with Crippen LogP contribution in [0.2, 0.25) is 0 Å². The Kier molecular flexibility index (Phi) is 14.6. The molecule has 0 saturated carbocycles. The van der Waals surface area contributed by atoms with Gasteiger partial charge in [-0.3, -0.25) is 0 Å². The van der Waals surface area contributed by atoms with E-state index in [0.29, 0.717) is 0 Å². The van der Waals surface area contributed by atoms with Crippen molar-refractivity contribution in [2.24, 2.45) is 0 Å². The predicted octanol–water partition coefficient (Wildman–Crippen LogP) is 17.7. The lowest BCUT2D eigenvalue weighted by Gasteiger charge is -2.32. The fourth-order valence-corrected chi connectivity index (χ4v) is 10.4. The minimum Gasteiger partial charge on any atom is -0.399 e. The molecular formula is C67H65B2BrO5. The second kappa shape index (κ2) is 21.0. The Labute approximate surface area is 452 Å². The first-order valence-electron chi connectivity index (χ1n) is 26.1. The van der Waals surface area contributed by atoms with E-state index in [1.54, 1.807) is 0 Å². The zero-order valence-electron chi connectivity index (χ0n) is 44.8. The minimum atomic E-state index is -0.523. The van der Waals surface area contributed by atoms with Gasteiger partial charge in [0, 0.05) is 10.6 Å². The summed E-state index contributed by atoms with van der Waals surface area (Å²) in [4.78, 5) is 0. The lowest BCUT2D eigenvalue weighted by Crippen LogP contribution is -2.41. The summed E-state index contributed by atoms with van der Waals surface area (Å²) in [5.74, 6) is 0. The van der Waals surface area contributed by atoms with E-state index in [2.05, 4.69) is 250 Å². The maximum Gasteiger partial charge on any atom is 0.640 e. The Morgan fingerprint density at radius 3 is 0.880 bits per heavy atom. The van der Waals surface area contributed by atoms with E-state index in [1.807, 2.05) is 41.5 Å². The minimum absolute atomic E-state index is 0.120. The number of fused-ring (bicyclic) bond motifs is 4. The van der Waals surface area contributed by atoms with Crippen LogP contribution in [0, 0.1) is 0 Å². The smallest absolute Gasteiger partial charge is 0.399 e. The SMILES string of the molecule is Brc1ccc(-c2c3ccccc3c(-c3ccccc3)c3ccccc23)cc1.CC(C)OB1OC(C)(C)C(C)(C)O1.CC1(C)OB(c2ccc(-c3c4ccccc4c(-c4ccccc4)c4ccccc34)cc2)OC1(C)C. The van der Waals surface area contributed by atoms with Crippen LogP contribution in [-0.4, -0.2) is 42.9 Å². The Balaban J connectivity index is 0.000000142. The standard InChI is InChI=1S/C32H29BO2.C26H17Br.C9H19BO3/c1-31(2)32(3,4)35-33(34-31)24-20-18-23(19-21-24)30-27-16-10-8-14-25(27)29(22-12-6-5-7-13-22)26-15-9-11-17-28(26)30;27-20-16-14-19(15-17-20)26-23-12-6-4-10-21(23)25(18-8-2-1-3-9-18)22-11-5-7-13-24(22)26;1-7(2)11-10-12-8(3,4)9(5,6)13-10/h5-21H,1-4H3;1-17H;7H,1-6H3. The molecule has 2 aliphatic heterocycles. The van der Waals surface area contributed by atoms with Crippen molar-refractivity contribution in [2.45, 2.75) is 97.7 Å². The highest BCUT2D eigenvalue weighted by Gasteiger charge is 2.53. The molecule has 8 heteroatoms. The number of rotatable bonds is 7. The summed E-state index contributed by atoms with van der Waals surface area (Å²) >= 11 is 3.56. The molecule has 0 unspecified atom stereocenters. The molecule has 0 atom stereocenters. The van der Waals surface area contributed by atoms with Crippen LogP contribution in [0.5, 0.6) is 0 Å². The van der Waals surface area contributed by atoms with Crippen molar-refractivity contribution < 1.29 is 23.3 Å². The molecular weight excluding hydrogens is 986 g/mol. The largest absolute Gasteiger partial charge is 0.640 e. The molecule has 0 bridgehead atoms. The maximum absolute atomic E-state index is 6.28. The zero-order chi connectivity index (χ0) is 52.7. The van der Waals surface area contributed by atoms with E-state index in [4.69, 9.17) is 23.3 Å². The van der Waals surface area contributed by atoms with Crippen LogP contribution in [0.4, 0.5) is 0 Å². The number of benzene rings is 10. The molecule has 0 spiro atoms. The first-order chi connectivity index (χ1) is 35.9. The monoisotopic (exact) mass is 1050 g/mol. The predicted molar refractivity (Wildman–Crippen MR) is 320 cm³/mol. The second-order valence-electron chi connectivity index (χ2n) is 21.9. The lowest BCUT2D eigenvalue weighted by molar-refractivity contribution is 0.00578. The van der Waals surface area contributed by atoms with Crippen molar-refractivity contribution in [3.8, 4) is 44.5 Å². The summed E-state index contributed by atoms with van der Waals surface area (Å²) in [5.41, 5.74) is 9.83. The number of hydrogen-bond acceptors (Lipinski definition) is 5. The zero-order valence-corrected chi connectivity index (χ0v) is 46.4. The van der Waals surface area contributed by atoms with Crippen LogP contribution >= 0.6 is 15.9 Å². The highest BCUT2D eigenvalue weighted by atomic mass is 79.9. The Hall–Kier alpha value is -6.35. The fourth-order valence-electron chi connectivity index (χ4n) is 10.2. The Morgan fingerprint density at radius 2 is 0.587 bits per heavy atom. The van der Waals surface area contributed by atoms with E-state index in [0.717, 1.165) is 9.94 Å². The molecule has 10 aromatic carbocycles. The van der Waals surface area contributed by atoms with Gasteiger partial charge in [0.1, 0.15) is 0 Å². The topological polar surface area (TPSA) is 46.2 Å². The third-order valence-corrected chi connectivity index (χ3v) is 16.0. The first kappa shape index (κ1) is 52.1. The molecule has 75 heavy (non-hydrogen) atoms. The number of halogens is 1. The Morgan fingerprint density at radius 1 is 0.333 bits per heavy atom. The van der Waals surface area contributed by atoms with Gasteiger partial charge in [-0.1, -0.05) is 210 Å². The highest BCUT2D eigenvalue weighted by Crippen LogP contribution is 2.46. The van der Waals surface area contributed by atoms with Gasteiger partial charge in [-0.15, -0.1) is 0 Å². The summed E-state index contributed by atoms with van der Waals surface area (Å²) in [6, 6.07) is 73.7. The molecule has 10 aromatic rings. The molecule has 0 aromatic heterocycles. The third-order valence-electron chi connectivity index (χ3n) is 15.5. The third kappa shape index (κ3) is 10.4. The quantitative estimate of drug-likeness (QED) is 0.118. The summed E-state index contributed by atoms with van der Waals surface area (Å²) in [7, 11) is -0.881. The van der Waals surface area contributed by atoms with Gasteiger partial charge in [0.05, 0.1) is 22.4 Å². The normalized spacial score (nSPS) is 16.3. The summed E-state index contributed by atoms with van der Waals surface area (Å²) in [5, 5.41) is 10.2. The molecule has 0 aliphatic carbocycles. The average Bonchev–Trinajstić information content (AvgIpc) is 3.76. The second-order valence-corrected chi connectivity index (χ2v) is 22.8. The van der Waals surface area contributed by atoms with Gasteiger partial charge in [-0.2, -0.15) is 0 Å². The number of hydrogen-bond donors (Lipinski definition) is 0. The first-order valence-corrected chi connectivity index (χ1v) is 26.9. The molecule has 376 valence electrons. The molecule has 0 amide bonds. The van der Waals surface area contributed by atoms with E-state index >= 15 is 0 Å². The van der Waals surface area contributed by atoms with Gasteiger partial charge in [0.2, 0.25) is 0 Å². The summed E-state index contributed by atoms with van der Waals surface area (Å²) in [6.45, 7) is 20.3. The van der Waals surface area contributed by atoms with Crippen molar-refractivity contribution in [2.75, 3.05) is 0 Å². The molecule has 0 N–H and O–H groups in total. The van der Waals surface area contributed by atoms with Crippen LogP contribution in [0.15, 0.2) is 211 Å². The van der Waals surface area contributed by atoms with Gasteiger partial charge in [-0.25, -0.2) is 0 Å². The molecule has 5 nitrogen and oxygen atoms in total. The van der Waals surface area contributed by atoms with E-state index in [-0.39, 0.29) is 35.6 Å². The van der Waals surface area contributed by atoms with Crippen molar-refractivity contribution in [3.63, 3.8) is 0 Å². The van der Waals surface area contributed by atoms with Crippen LogP contribution in [-0.2, 0) is 23.3 Å². The molecule has 2 aliphatic rings. The van der Waals surface area contributed by atoms with Crippen LogP contribution in [0.25, 0.3) is 87.6 Å². The van der Waals surface area contributed by atoms with Gasteiger partial charge in [0.25, 0.3) is 0 Å². The average molecular weight is 1050 g/mol. The van der Waals surface area contributed by atoms with Crippen LogP contribution in [0.3, 0.4) is 0 Å². The van der Waals surface area contributed by atoms with E-state index in [9.17, 15) is 0 Å². The summed E-state index contributed by atoms with van der Waals surface area (Å²) < 4.78 is 30.4. The molecule has 2 heterocycles.